The van der Waals surface area contributed by atoms with E-state index in [-0.39, 0.29) is 0 Å². The number of rotatable bonds is 5. The van der Waals surface area contributed by atoms with Crippen molar-refractivity contribution in [2.45, 2.75) is 46.0 Å². The lowest BCUT2D eigenvalue weighted by atomic mass is 9.95. The van der Waals surface area contributed by atoms with E-state index in [4.69, 9.17) is 0 Å². The van der Waals surface area contributed by atoms with Gasteiger partial charge < -0.3 is 0 Å². The molecule has 0 N–H and O–H groups in total. The van der Waals surface area contributed by atoms with Gasteiger partial charge in [0.25, 0.3) is 0 Å². The van der Waals surface area contributed by atoms with E-state index in [0.29, 0.717) is 11.8 Å². The van der Waals surface area contributed by atoms with Crippen LogP contribution in [0.15, 0.2) is 85.0 Å². The van der Waals surface area contributed by atoms with Crippen LogP contribution < -0.4 is 0 Å². The summed E-state index contributed by atoms with van der Waals surface area (Å²) in [4.78, 5) is 0. The summed E-state index contributed by atoms with van der Waals surface area (Å²) in [6.45, 7) is 12.5. The third-order valence-electron chi connectivity index (χ3n) is 4.13. The summed E-state index contributed by atoms with van der Waals surface area (Å²) in [5, 5.41) is 0. The minimum absolute atomic E-state index is 0.483. The van der Waals surface area contributed by atoms with E-state index in [0.717, 1.165) is 6.42 Å². The van der Waals surface area contributed by atoms with Gasteiger partial charge in [-0.25, -0.2) is 0 Å². The molecular formula is C23H30. The van der Waals surface area contributed by atoms with E-state index in [1.165, 1.54) is 16.7 Å². The zero-order chi connectivity index (χ0) is 17.1. The van der Waals surface area contributed by atoms with Gasteiger partial charge in [-0.3, -0.25) is 0 Å². The Kier molecular flexibility index (Phi) is 8.75. The molecule has 2 atom stereocenters. The fourth-order valence-electron chi connectivity index (χ4n) is 2.28. The summed E-state index contributed by atoms with van der Waals surface area (Å²) in [6, 6.07) is 21.1. The average molecular weight is 306 g/mol. The van der Waals surface area contributed by atoms with Gasteiger partial charge in [-0.05, 0) is 37.3 Å². The predicted molar refractivity (Wildman–Crippen MR) is 104 cm³/mol. The number of benzene rings is 2. The van der Waals surface area contributed by atoms with Crippen LogP contribution in [0.5, 0.6) is 0 Å². The van der Waals surface area contributed by atoms with Crippen LogP contribution in [0.4, 0.5) is 0 Å². The largest absolute Gasteiger partial charge is 0.0995 e. The third-order valence-corrected chi connectivity index (χ3v) is 4.13. The van der Waals surface area contributed by atoms with E-state index in [1.807, 2.05) is 6.07 Å². The van der Waals surface area contributed by atoms with Crippen molar-refractivity contribution in [1.82, 2.24) is 0 Å². The molecule has 0 radical (unpaired) electrons. The lowest BCUT2D eigenvalue weighted by Crippen LogP contribution is -1.92. The van der Waals surface area contributed by atoms with Gasteiger partial charge >= 0.3 is 0 Å². The standard InChI is InChI=1S/C12H16.C11H14/c1-3-4-8-11(2)12-9-6-5-7-10-12;1-9(2)10(3)11-7-5-4-6-8-11/h3-7,9-11H,8H2,1-2H3;4-8,10H,1H2,2-3H3. The van der Waals surface area contributed by atoms with Crippen molar-refractivity contribution in [2.75, 3.05) is 0 Å². The summed E-state index contributed by atoms with van der Waals surface area (Å²) in [5.74, 6) is 1.12. The van der Waals surface area contributed by atoms with Crippen LogP contribution in [0.3, 0.4) is 0 Å². The van der Waals surface area contributed by atoms with Gasteiger partial charge in [-0.2, -0.15) is 0 Å². The van der Waals surface area contributed by atoms with Crippen LogP contribution in [-0.4, -0.2) is 0 Å². The third kappa shape index (κ3) is 7.15. The van der Waals surface area contributed by atoms with Gasteiger partial charge in [0.1, 0.15) is 0 Å². The fourth-order valence-corrected chi connectivity index (χ4v) is 2.28. The minimum Gasteiger partial charge on any atom is -0.0995 e. The topological polar surface area (TPSA) is 0 Å². The molecule has 2 aromatic rings. The highest BCUT2D eigenvalue weighted by Gasteiger charge is 2.03. The van der Waals surface area contributed by atoms with E-state index < -0.39 is 0 Å². The molecule has 0 aliphatic carbocycles. The van der Waals surface area contributed by atoms with Gasteiger partial charge in [-0.1, -0.05) is 98.8 Å². The van der Waals surface area contributed by atoms with Crippen molar-refractivity contribution < 1.29 is 0 Å². The molecule has 0 aromatic heterocycles. The van der Waals surface area contributed by atoms with Gasteiger partial charge in [0.2, 0.25) is 0 Å². The number of allylic oxidation sites excluding steroid dienone is 3. The Morgan fingerprint density at radius 3 is 1.83 bits per heavy atom. The van der Waals surface area contributed by atoms with Crippen molar-refractivity contribution in [3.63, 3.8) is 0 Å². The molecule has 0 spiro atoms. The SMILES string of the molecule is C=C(C)C(C)c1ccccc1.CC=CCC(C)c1ccccc1. The summed E-state index contributed by atoms with van der Waals surface area (Å²) in [7, 11) is 0. The maximum atomic E-state index is 3.93. The van der Waals surface area contributed by atoms with Crippen molar-refractivity contribution in [3.8, 4) is 0 Å². The molecule has 0 aliphatic rings. The Morgan fingerprint density at radius 1 is 0.913 bits per heavy atom. The maximum absolute atomic E-state index is 3.93. The zero-order valence-electron chi connectivity index (χ0n) is 15.0. The van der Waals surface area contributed by atoms with Crippen LogP contribution in [0, 0.1) is 0 Å². The second-order valence-corrected chi connectivity index (χ2v) is 6.10. The quantitative estimate of drug-likeness (QED) is 0.516. The van der Waals surface area contributed by atoms with E-state index in [1.54, 1.807) is 0 Å². The van der Waals surface area contributed by atoms with E-state index in [9.17, 15) is 0 Å². The molecule has 0 heteroatoms. The summed E-state index contributed by atoms with van der Waals surface area (Å²) in [6.07, 6.45) is 5.47. The Morgan fingerprint density at radius 2 is 1.39 bits per heavy atom. The van der Waals surface area contributed by atoms with Crippen LogP contribution >= 0.6 is 0 Å². The molecule has 0 saturated heterocycles. The van der Waals surface area contributed by atoms with Crippen molar-refractivity contribution in [3.05, 3.63) is 96.1 Å². The Balaban J connectivity index is 0.000000231. The lowest BCUT2D eigenvalue weighted by Gasteiger charge is -2.10. The zero-order valence-corrected chi connectivity index (χ0v) is 15.0. The van der Waals surface area contributed by atoms with Gasteiger partial charge in [0.15, 0.2) is 0 Å². The van der Waals surface area contributed by atoms with Crippen LogP contribution in [-0.2, 0) is 0 Å². The molecule has 2 unspecified atom stereocenters. The Bertz CT molecular complexity index is 578. The van der Waals surface area contributed by atoms with Gasteiger partial charge in [0, 0.05) is 5.92 Å². The van der Waals surface area contributed by atoms with Crippen LogP contribution in [0.25, 0.3) is 0 Å². The van der Waals surface area contributed by atoms with Crippen LogP contribution in [0.2, 0.25) is 0 Å². The smallest absolute Gasteiger partial charge is 0.00143 e. The van der Waals surface area contributed by atoms with Gasteiger partial charge in [0.05, 0.1) is 0 Å². The summed E-state index contributed by atoms with van der Waals surface area (Å²) in [5.41, 5.74) is 3.99. The summed E-state index contributed by atoms with van der Waals surface area (Å²) < 4.78 is 0. The molecule has 0 nitrogen and oxygen atoms in total. The Labute approximate surface area is 142 Å². The average Bonchev–Trinajstić information content (AvgIpc) is 2.61. The van der Waals surface area contributed by atoms with E-state index >= 15 is 0 Å². The molecule has 0 amide bonds. The molecule has 0 saturated carbocycles. The number of hydrogen-bond acceptors (Lipinski definition) is 0. The lowest BCUT2D eigenvalue weighted by molar-refractivity contribution is 0.780. The van der Waals surface area contributed by atoms with Crippen molar-refractivity contribution in [1.29, 1.82) is 0 Å². The molecular weight excluding hydrogens is 276 g/mol. The predicted octanol–water partition coefficient (Wildman–Crippen LogP) is 7.12. The molecule has 0 bridgehead atoms. The Hall–Kier alpha value is -2.08. The fraction of sp³-hybridized carbons (Fsp3) is 0.304. The molecule has 2 rings (SSSR count). The van der Waals surface area contributed by atoms with E-state index in [2.05, 4.69) is 101 Å². The second-order valence-electron chi connectivity index (χ2n) is 6.10. The first-order valence-electron chi connectivity index (χ1n) is 8.42. The highest BCUT2D eigenvalue weighted by Crippen LogP contribution is 2.21. The molecule has 0 aliphatic heterocycles. The number of hydrogen-bond donors (Lipinski definition) is 0. The first kappa shape index (κ1) is 19.0. The maximum Gasteiger partial charge on any atom is 0.00143 e. The second kappa shape index (κ2) is 10.6. The monoisotopic (exact) mass is 306 g/mol. The first-order chi connectivity index (χ1) is 11.1. The normalized spacial score (nSPS) is 13.0. The first-order valence-corrected chi connectivity index (χ1v) is 8.42. The highest BCUT2D eigenvalue weighted by atomic mass is 14.1. The van der Waals surface area contributed by atoms with Crippen molar-refractivity contribution >= 4 is 0 Å². The van der Waals surface area contributed by atoms with Gasteiger partial charge in [-0.15, -0.1) is 0 Å². The summed E-state index contributed by atoms with van der Waals surface area (Å²) >= 11 is 0. The van der Waals surface area contributed by atoms with Crippen LogP contribution in [0.1, 0.15) is 57.1 Å². The molecule has 0 fully saturated rings. The molecule has 23 heavy (non-hydrogen) atoms. The minimum atomic E-state index is 0.483. The highest BCUT2D eigenvalue weighted by molar-refractivity contribution is 5.25. The molecule has 0 heterocycles. The molecule has 122 valence electrons. The van der Waals surface area contributed by atoms with Crippen molar-refractivity contribution in [2.24, 2.45) is 0 Å². The molecule has 2 aromatic carbocycles.